The summed E-state index contributed by atoms with van der Waals surface area (Å²) in [5.41, 5.74) is -0.998. The van der Waals surface area contributed by atoms with Gasteiger partial charge in [-0.25, -0.2) is 8.78 Å². The van der Waals surface area contributed by atoms with E-state index in [1.165, 1.54) is 0 Å². The van der Waals surface area contributed by atoms with Crippen molar-refractivity contribution in [1.82, 2.24) is 0 Å². The van der Waals surface area contributed by atoms with Crippen LogP contribution in [0.15, 0.2) is 18.2 Å². The number of hydrogen-bond acceptors (Lipinski definition) is 1. The summed E-state index contributed by atoms with van der Waals surface area (Å²) >= 11 is 0. The largest absolute Gasteiger partial charge is 0.385 e. The zero-order valence-electron chi connectivity index (χ0n) is 11.1. The highest BCUT2D eigenvalue weighted by Gasteiger charge is 2.45. The van der Waals surface area contributed by atoms with E-state index in [0.29, 0.717) is 6.42 Å². The summed E-state index contributed by atoms with van der Waals surface area (Å²) in [7, 11) is 0. The van der Waals surface area contributed by atoms with Gasteiger partial charge in [-0.3, -0.25) is 0 Å². The van der Waals surface area contributed by atoms with E-state index in [9.17, 15) is 13.9 Å². The number of halogens is 2. The lowest BCUT2D eigenvalue weighted by Crippen LogP contribution is -2.42. The molecule has 18 heavy (non-hydrogen) atoms. The highest BCUT2D eigenvalue weighted by Crippen LogP contribution is 2.49. The molecule has 0 radical (unpaired) electrons. The molecule has 0 aliphatic heterocycles. The van der Waals surface area contributed by atoms with Crippen molar-refractivity contribution in [1.29, 1.82) is 0 Å². The molecule has 100 valence electrons. The summed E-state index contributed by atoms with van der Waals surface area (Å²) in [6.45, 7) is 6.20. The number of hydrogen-bond donors (Lipinski definition) is 1. The first-order chi connectivity index (χ1) is 8.24. The van der Waals surface area contributed by atoms with Crippen LogP contribution in [0.5, 0.6) is 0 Å². The van der Waals surface area contributed by atoms with Crippen LogP contribution in [0.25, 0.3) is 0 Å². The first kappa shape index (κ1) is 13.5. The van der Waals surface area contributed by atoms with Crippen LogP contribution in [-0.4, -0.2) is 5.11 Å². The van der Waals surface area contributed by atoms with Crippen LogP contribution in [0.2, 0.25) is 0 Å². The summed E-state index contributed by atoms with van der Waals surface area (Å²) in [4.78, 5) is 0. The molecule has 1 N–H and O–H groups in total. The van der Waals surface area contributed by atoms with Gasteiger partial charge >= 0.3 is 0 Å². The third-order valence-corrected chi connectivity index (χ3v) is 4.25. The standard InChI is InChI=1S/C15H20F2O/c1-10-9-14(2,3)6-7-15(10,18)12-8-11(16)4-5-13(12)17/h4-5,8,10,18H,6-7,9H2,1-3H3. The maximum atomic E-state index is 13.8. The molecule has 1 nitrogen and oxygen atoms in total. The van der Waals surface area contributed by atoms with Crippen LogP contribution < -0.4 is 0 Å². The van der Waals surface area contributed by atoms with Gasteiger partial charge in [-0.15, -0.1) is 0 Å². The molecule has 2 rings (SSSR count). The topological polar surface area (TPSA) is 20.2 Å². The zero-order valence-corrected chi connectivity index (χ0v) is 11.1. The molecule has 2 unspecified atom stereocenters. The van der Waals surface area contributed by atoms with Gasteiger partial charge in [-0.05, 0) is 48.8 Å². The summed E-state index contributed by atoms with van der Waals surface area (Å²) in [6, 6.07) is 3.30. The van der Waals surface area contributed by atoms with E-state index in [4.69, 9.17) is 0 Å². The highest BCUT2D eigenvalue weighted by molar-refractivity contribution is 5.27. The predicted molar refractivity (Wildman–Crippen MR) is 67.1 cm³/mol. The molecule has 3 heteroatoms. The first-order valence-electron chi connectivity index (χ1n) is 6.42. The van der Waals surface area contributed by atoms with E-state index in [1.54, 1.807) is 0 Å². The average molecular weight is 254 g/mol. The lowest BCUT2D eigenvalue weighted by atomic mass is 9.63. The van der Waals surface area contributed by atoms with Gasteiger partial charge < -0.3 is 5.11 Å². The van der Waals surface area contributed by atoms with Crippen molar-refractivity contribution in [3.63, 3.8) is 0 Å². The Morgan fingerprint density at radius 3 is 2.50 bits per heavy atom. The maximum Gasteiger partial charge on any atom is 0.129 e. The highest BCUT2D eigenvalue weighted by atomic mass is 19.1. The Morgan fingerprint density at radius 2 is 1.89 bits per heavy atom. The summed E-state index contributed by atoms with van der Waals surface area (Å²) < 4.78 is 27.1. The van der Waals surface area contributed by atoms with Crippen LogP contribution >= 0.6 is 0 Å². The molecule has 0 spiro atoms. The second-order valence-electron chi connectivity index (χ2n) is 6.32. The van der Waals surface area contributed by atoms with Gasteiger partial charge in [-0.2, -0.15) is 0 Å². The fourth-order valence-electron chi connectivity index (χ4n) is 3.10. The van der Waals surface area contributed by atoms with Crippen molar-refractivity contribution in [2.45, 2.75) is 45.6 Å². The van der Waals surface area contributed by atoms with E-state index in [1.807, 2.05) is 6.92 Å². The molecule has 1 aromatic rings. The van der Waals surface area contributed by atoms with Crippen molar-refractivity contribution in [3.8, 4) is 0 Å². The molecule has 0 bridgehead atoms. The number of rotatable bonds is 1. The van der Waals surface area contributed by atoms with Gasteiger partial charge in [0.05, 0.1) is 5.60 Å². The van der Waals surface area contributed by atoms with Crippen LogP contribution in [0.1, 0.15) is 45.6 Å². The molecule has 1 aliphatic carbocycles. The molecule has 0 saturated heterocycles. The third-order valence-electron chi connectivity index (χ3n) is 4.25. The van der Waals surface area contributed by atoms with Crippen LogP contribution in [0, 0.1) is 23.0 Å². The Hall–Kier alpha value is -0.960. The molecule has 0 aromatic heterocycles. The molecule has 0 amide bonds. The Balaban J connectivity index is 2.40. The van der Waals surface area contributed by atoms with Crippen molar-refractivity contribution >= 4 is 0 Å². The maximum absolute atomic E-state index is 13.8. The average Bonchev–Trinajstić information content (AvgIpc) is 2.27. The molecular weight excluding hydrogens is 234 g/mol. The van der Waals surface area contributed by atoms with Crippen molar-refractivity contribution in [2.24, 2.45) is 11.3 Å². The molecule has 2 atom stereocenters. The van der Waals surface area contributed by atoms with Crippen LogP contribution in [-0.2, 0) is 5.60 Å². The van der Waals surface area contributed by atoms with E-state index in [-0.39, 0.29) is 16.9 Å². The fourth-order valence-corrected chi connectivity index (χ4v) is 3.10. The fraction of sp³-hybridized carbons (Fsp3) is 0.600. The number of benzene rings is 1. The van der Waals surface area contributed by atoms with Crippen LogP contribution in [0.4, 0.5) is 8.78 Å². The minimum absolute atomic E-state index is 0.0856. The first-order valence-corrected chi connectivity index (χ1v) is 6.42. The van der Waals surface area contributed by atoms with Gasteiger partial charge in [0, 0.05) is 5.56 Å². The van der Waals surface area contributed by atoms with Crippen molar-refractivity contribution in [3.05, 3.63) is 35.4 Å². The van der Waals surface area contributed by atoms with E-state index in [0.717, 1.165) is 31.0 Å². The monoisotopic (exact) mass is 254 g/mol. The lowest BCUT2D eigenvalue weighted by Gasteiger charge is -2.45. The second-order valence-corrected chi connectivity index (χ2v) is 6.32. The lowest BCUT2D eigenvalue weighted by molar-refractivity contribution is -0.0793. The Morgan fingerprint density at radius 1 is 1.22 bits per heavy atom. The molecular formula is C15H20F2O. The zero-order chi connectivity index (χ0) is 13.6. The Kier molecular flexibility index (Phi) is 3.22. The van der Waals surface area contributed by atoms with Gasteiger partial charge in [0.1, 0.15) is 11.6 Å². The van der Waals surface area contributed by atoms with E-state index >= 15 is 0 Å². The predicted octanol–water partition coefficient (Wildman–Crippen LogP) is 4.00. The molecule has 1 saturated carbocycles. The second kappa shape index (κ2) is 4.30. The van der Waals surface area contributed by atoms with Gasteiger partial charge in [0.15, 0.2) is 0 Å². The summed E-state index contributed by atoms with van der Waals surface area (Å²) in [6.07, 6.45) is 2.09. The minimum atomic E-state index is -1.25. The summed E-state index contributed by atoms with van der Waals surface area (Å²) in [5.74, 6) is -1.11. The molecule has 0 heterocycles. The number of aliphatic hydroxyl groups is 1. The van der Waals surface area contributed by atoms with Crippen molar-refractivity contribution < 1.29 is 13.9 Å². The van der Waals surface area contributed by atoms with E-state index < -0.39 is 17.2 Å². The molecule has 1 fully saturated rings. The third kappa shape index (κ3) is 2.28. The van der Waals surface area contributed by atoms with E-state index in [2.05, 4.69) is 13.8 Å². The Labute approximate surface area is 107 Å². The van der Waals surface area contributed by atoms with Gasteiger partial charge in [0.2, 0.25) is 0 Å². The minimum Gasteiger partial charge on any atom is -0.385 e. The SMILES string of the molecule is CC1CC(C)(C)CCC1(O)c1cc(F)ccc1F. The van der Waals surface area contributed by atoms with Gasteiger partial charge in [-0.1, -0.05) is 20.8 Å². The van der Waals surface area contributed by atoms with Crippen molar-refractivity contribution in [2.75, 3.05) is 0 Å². The normalized spacial score (nSPS) is 31.3. The molecule has 1 aliphatic rings. The smallest absolute Gasteiger partial charge is 0.129 e. The Bertz CT molecular complexity index is 456. The summed E-state index contributed by atoms with van der Waals surface area (Å²) in [5, 5.41) is 10.7. The quantitative estimate of drug-likeness (QED) is 0.803. The van der Waals surface area contributed by atoms with Crippen LogP contribution in [0.3, 0.4) is 0 Å². The molecule has 1 aromatic carbocycles. The van der Waals surface area contributed by atoms with Gasteiger partial charge in [0.25, 0.3) is 0 Å².